The van der Waals surface area contributed by atoms with Gasteiger partial charge >= 0.3 is 0 Å². The molecule has 0 aromatic heterocycles. The summed E-state index contributed by atoms with van der Waals surface area (Å²) in [5.41, 5.74) is 1.14. The summed E-state index contributed by atoms with van der Waals surface area (Å²) in [6, 6.07) is 5.76. The molecule has 1 amide bonds. The zero-order chi connectivity index (χ0) is 19.8. The molecule has 4 nitrogen and oxygen atoms in total. The molecule has 3 rings (SSSR count). The van der Waals surface area contributed by atoms with Gasteiger partial charge in [-0.3, -0.25) is 9.69 Å². The molecule has 1 aliphatic carbocycles. The zero-order valence-corrected chi connectivity index (χ0v) is 18.6. The van der Waals surface area contributed by atoms with Gasteiger partial charge in [0.05, 0.1) is 22.8 Å². The van der Waals surface area contributed by atoms with Gasteiger partial charge in [-0.1, -0.05) is 42.1 Å². The van der Waals surface area contributed by atoms with Gasteiger partial charge in [-0.05, 0) is 42.7 Å². The Morgan fingerprint density at radius 3 is 2.86 bits per heavy atom. The average molecular weight is 445 g/mol. The Morgan fingerprint density at radius 2 is 2.07 bits per heavy atom. The molecule has 1 heterocycles. The van der Waals surface area contributed by atoms with E-state index in [-0.39, 0.29) is 12.0 Å². The lowest BCUT2D eigenvalue weighted by molar-refractivity contribution is -0.122. The van der Waals surface area contributed by atoms with Crippen LogP contribution in [0.2, 0.25) is 10.0 Å². The van der Waals surface area contributed by atoms with E-state index in [0.29, 0.717) is 29.6 Å². The van der Waals surface area contributed by atoms with Gasteiger partial charge in [0, 0.05) is 37.8 Å². The molecule has 1 N–H and O–H groups in total. The van der Waals surface area contributed by atoms with Crippen LogP contribution >= 0.6 is 35.0 Å². The lowest BCUT2D eigenvalue weighted by Gasteiger charge is -2.33. The number of amides is 1. The molecule has 1 aliphatic heterocycles. The van der Waals surface area contributed by atoms with Crippen molar-refractivity contribution in [3.8, 4) is 0 Å². The van der Waals surface area contributed by atoms with E-state index in [1.807, 2.05) is 30.0 Å². The van der Waals surface area contributed by atoms with Crippen molar-refractivity contribution in [3.63, 3.8) is 0 Å². The maximum Gasteiger partial charge on any atom is 0.220 e. The van der Waals surface area contributed by atoms with Crippen LogP contribution in [0, 0.1) is 0 Å². The molecule has 28 heavy (non-hydrogen) atoms. The number of morpholine rings is 1. The Bertz CT molecular complexity index is 641. The topological polar surface area (TPSA) is 41.6 Å². The molecular weight excluding hydrogens is 415 g/mol. The Labute approximate surface area is 182 Å². The largest absolute Gasteiger partial charge is 0.374 e. The molecule has 1 saturated heterocycles. The second kappa shape index (κ2) is 11.7. The number of rotatable bonds is 9. The molecule has 156 valence electrons. The van der Waals surface area contributed by atoms with Crippen molar-refractivity contribution >= 4 is 40.9 Å². The first-order chi connectivity index (χ1) is 13.6. The van der Waals surface area contributed by atoms with Gasteiger partial charge in [-0.15, -0.1) is 0 Å². The minimum Gasteiger partial charge on any atom is -0.374 e. The highest BCUT2D eigenvalue weighted by molar-refractivity contribution is 7.99. The second-order valence-electron chi connectivity index (χ2n) is 7.66. The van der Waals surface area contributed by atoms with Crippen LogP contribution in [-0.2, 0) is 16.1 Å². The first-order valence-electron chi connectivity index (χ1n) is 10.3. The Hall–Kier alpha value is -0.460. The number of thioether (sulfide) groups is 1. The third-order valence-electron chi connectivity index (χ3n) is 5.34. The third-order valence-corrected chi connectivity index (χ3v) is 7.55. The fourth-order valence-corrected chi connectivity index (χ4v) is 5.43. The van der Waals surface area contributed by atoms with Gasteiger partial charge in [0.15, 0.2) is 0 Å². The van der Waals surface area contributed by atoms with E-state index in [1.54, 1.807) is 0 Å². The van der Waals surface area contributed by atoms with Crippen LogP contribution in [0.5, 0.6) is 0 Å². The summed E-state index contributed by atoms with van der Waals surface area (Å²) in [6.07, 6.45) is 7.07. The maximum atomic E-state index is 12.1. The SMILES string of the molecule is O=C(CCCSC1CCCC1)NC[C@H]1CN(Cc2ccc(Cl)c(Cl)c2)CCO1. The molecule has 0 unspecified atom stereocenters. The third kappa shape index (κ3) is 7.42. The molecule has 0 spiro atoms. The van der Waals surface area contributed by atoms with Gasteiger partial charge in [-0.2, -0.15) is 11.8 Å². The van der Waals surface area contributed by atoms with Crippen molar-refractivity contribution in [2.45, 2.75) is 56.4 Å². The van der Waals surface area contributed by atoms with Gasteiger partial charge in [0.1, 0.15) is 0 Å². The standard InChI is InChI=1S/C21H30Cl2N2O2S/c22-19-8-7-16(12-20(19)23)14-25-9-10-27-17(15-25)13-24-21(26)6-3-11-28-18-4-1-2-5-18/h7-8,12,17-18H,1-6,9-11,13-15H2,(H,24,26)/t17-/m0/s1. The van der Waals surface area contributed by atoms with Crippen LogP contribution in [0.1, 0.15) is 44.1 Å². The van der Waals surface area contributed by atoms with Crippen LogP contribution in [0.4, 0.5) is 0 Å². The van der Waals surface area contributed by atoms with E-state index < -0.39 is 0 Å². The number of nitrogens with zero attached hydrogens (tertiary/aromatic N) is 1. The number of carbonyl (C=O) groups is 1. The van der Waals surface area contributed by atoms with Crippen LogP contribution < -0.4 is 5.32 Å². The van der Waals surface area contributed by atoms with E-state index in [0.717, 1.165) is 42.6 Å². The van der Waals surface area contributed by atoms with Crippen molar-refractivity contribution in [1.82, 2.24) is 10.2 Å². The van der Waals surface area contributed by atoms with Crippen LogP contribution in [0.15, 0.2) is 18.2 Å². The highest BCUT2D eigenvalue weighted by Gasteiger charge is 2.21. The molecule has 7 heteroatoms. The van der Waals surface area contributed by atoms with E-state index in [9.17, 15) is 4.79 Å². The fraction of sp³-hybridized carbons (Fsp3) is 0.667. The summed E-state index contributed by atoms with van der Waals surface area (Å²) in [5, 5.41) is 5.04. The van der Waals surface area contributed by atoms with Crippen LogP contribution in [0.3, 0.4) is 0 Å². The molecule has 2 aliphatic rings. The number of hydrogen-bond donors (Lipinski definition) is 1. The number of hydrogen-bond acceptors (Lipinski definition) is 4. The van der Waals surface area contributed by atoms with Gasteiger partial charge in [0.25, 0.3) is 0 Å². The van der Waals surface area contributed by atoms with Crippen molar-refractivity contribution in [1.29, 1.82) is 0 Å². The maximum absolute atomic E-state index is 12.1. The van der Waals surface area contributed by atoms with Crippen LogP contribution in [0.25, 0.3) is 0 Å². The minimum absolute atomic E-state index is 0.0355. The summed E-state index contributed by atoms with van der Waals surface area (Å²) in [6.45, 7) is 3.75. The van der Waals surface area contributed by atoms with E-state index in [2.05, 4.69) is 10.2 Å². The first-order valence-corrected chi connectivity index (χ1v) is 12.1. The molecule has 2 fully saturated rings. The number of carbonyl (C=O) groups excluding carboxylic acids is 1. The number of nitrogens with one attached hydrogen (secondary N) is 1. The van der Waals surface area contributed by atoms with Crippen molar-refractivity contribution in [2.75, 3.05) is 32.0 Å². The van der Waals surface area contributed by atoms with Gasteiger partial charge < -0.3 is 10.1 Å². The molecule has 1 aromatic rings. The van der Waals surface area contributed by atoms with E-state index >= 15 is 0 Å². The smallest absolute Gasteiger partial charge is 0.220 e. The average Bonchev–Trinajstić information content (AvgIpc) is 3.20. The molecule has 1 saturated carbocycles. The van der Waals surface area contributed by atoms with Crippen molar-refractivity contribution < 1.29 is 9.53 Å². The normalized spacial score (nSPS) is 21.1. The lowest BCUT2D eigenvalue weighted by Crippen LogP contribution is -2.47. The second-order valence-corrected chi connectivity index (χ2v) is 9.88. The summed E-state index contributed by atoms with van der Waals surface area (Å²) in [5.74, 6) is 1.23. The number of ether oxygens (including phenoxy) is 1. The Morgan fingerprint density at radius 1 is 1.25 bits per heavy atom. The highest BCUT2D eigenvalue weighted by atomic mass is 35.5. The lowest BCUT2D eigenvalue weighted by atomic mass is 10.2. The molecule has 1 atom stereocenters. The quantitative estimate of drug-likeness (QED) is 0.557. The number of halogens is 2. The summed E-state index contributed by atoms with van der Waals surface area (Å²) < 4.78 is 5.82. The van der Waals surface area contributed by atoms with Crippen LogP contribution in [-0.4, -0.2) is 54.2 Å². The van der Waals surface area contributed by atoms with E-state index in [1.165, 1.54) is 25.7 Å². The summed E-state index contributed by atoms with van der Waals surface area (Å²) in [4.78, 5) is 14.4. The zero-order valence-electron chi connectivity index (χ0n) is 16.3. The summed E-state index contributed by atoms with van der Waals surface area (Å²) >= 11 is 14.1. The van der Waals surface area contributed by atoms with Gasteiger partial charge in [-0.25, -0.2) is 0 Å². The number of benzene rings is 1. The fourth-order valence-electron chi connectivity index (χ4n) is 3.80. The molecule has 1 aromatic carbocycles. The van der Waals surface area contributed by atoms with Crippen molar-refractivity contribution in [3.05, 3.63) is 33.8 Å². The van der Waals surface area contributed by atoms with E-state index in [4.69, 9.17) is 27.9 Å². The van der Waals surface area contributed by atoms with Crippen molar-refractivity contribution in [2.24, 2.45) is 0 Å². The molecular formula is C21H30Cl2N2O2S. The Kier molecular flexibility index (Phi) is 9.25. The predicted molar refractivity (Wildman–Crippen MR) is 118 cm³/mol. The first kappa shape index (κ1) is 22.2. The summed E-state index contributed by atoms with van der Waals surface area (Å²) in [7, 11) is 0. The predicted octanol–water partition coefficient (Wildman–Crippen LogP) is 4.77. The Balaban J connectivity index is 1.31. The highest BCUT2D eigenvalue weighted by Crippen LogP contribution is 2.29. The molecule has 0 bridgehead atoms. The molecule has 0 radical (unpaired) electrons. The minimum atomic E-state index is 0.0355. The monoisotopic (exact) mass is 444 g/mol. The van der Waals surface area contributed by atoms with Gasteiger partial charge in [0.2, 0.25) is 5.91 Å².